The minimum atomic E-state index is -2.93. The second-order valence-corrected chi connectivity index (χ2v) is 4.73. The number of hydrogen-bond donors (Lipinski definition) is 4. The summed E-state index contributed by atoms with van der Waals surface area (Å²) in [6, 6.07) is 3.00. The molecular weight excluding hydrogens is 210 g/mol. The Kier molecular flexibility index (Phi) is 2.17. The third-order valence-corrected chi connectivity index (χ3v) is 2.54. The van der Waals surface area contributed by atoms with Crippen LogP contribution in [-0.2, 0) is 12.4 Å². The Labute approximate surface area is 93.1 Å². The molecule has 88 valence electrons. The molecule has 0 aromatic heterocycles. The number of nitrogens with two attached hydrogens (primary N) is 1. The van der Waals surface area contributed by atoms with Gasteiger partial charge in [0.1, 0.15) is 11.4 Å². The lowest BCUT2D eigenvalue weighted by atomic mass is 9.99. The van der Waals surface area contributed by atoms with Crippen LogP contribution in [0.2, 0.25) is 0 Å². The molecule has 1 aromatic carbocycles. The highest BCUT2D eigenvalue weighted by Crippen LogP contribution is 2.41. The van der Waals surface area contributed by atoms with E-state index in [1.165, 1.54) is 6.07 Å². The van der Waals surface area contributed by atoms with Crippen molar-refractivity contribution in [1.82, 2.24) is 0 Å². The molecule has 5 N–H and O–H groups in total. The molecule has 0 bridgehead atoms. The fourth-order valence-corrected chi connectivity index (χ4v) is 1.99. The fraction of sp³-hybridized carbons (Fsp3) is 0.455. The van der Waals surface area contributed by atoms with Crippen LogP contribution in [-0.4, -0.2) is 20.9 Å². The Hall–Kier alpha value is -1.30. The Morgan fingerprint density at radius 1 is 1.31 bits per heavy atom. The molecule has 1 heterocycles. The highest BCUT2D eigenvalue weighted by molar-refractivity contribution is 5.56. The molecule has 1 aromatic rings. The van der Waals surface area contributed by atoms with E-state index in [0.717, 1.165) is 5.56 Å². The predicted octanol–water partition coefficient (Wildman–Crippen LogP) is 0.0695. The molecule has 0 spiro atoms. The zero-order chi connectivity index (χ0) is 12.1. The van der Waals surface area contributed by atoms with E-state index in [4.69, 9.17) is 10.5 Å². The van der Waals surface area contributed by atoms with Gasteiger partial charge in [0.15, 0.2) is 0 Å². The normalized spacial score (nSPS) is 18.1. The van der Waals surface area contributed by atoms with Gasteiger partial charge in [0, 0.05) is 17.7 Å². The molecule has 1 aliphatic heterocycles. The maximum Gasteiger partial charge on any atom is 0.308 e. The lowest BCUT2D eigenvalue weighted by Crippen LogP contribution is -2.27. The molecule has 0 amide bonds. The summed E-state index contributed by atoms with van der Waals surface area (Å²) in [5, 5.41) is 27.7. The number of rotatable bonds is 1. The standard InChI is InChI=1S/C11H15NO4/c1-10(2)5-6-3-7(12)4-8(9(6)16-10)11(13,14)15/h3-4,13-15H,5,12H2,1-2H3. The van der Waals surface area contributed by atoms with E-state index in [0.29, 0.717) is 17.9 Å². The number of fused-ring (bicyclic) bond motifs is 1. The zero-order valence-corrected chi connectivity index (χ0v) is 9.19. The van der Waals surface area contributed by atoms with Crippen LogP contribution in [0.3, 0.4) is 0 Å². The molecule has 16 heavy (non-hydrogen) atoms. The van der Waals surface area contributed by atoms with Crippen molar-refractivity contribution < 1.29 is 20.1 Å². The molecule has 2 rings (SSSR count). The van der Waals surface area contributed by atoms with Crippen molar-refractivity contribution >= 4 is 5.69 Å². The average molecular weight is 225 g/mol. The third-order valence-electron chi connectivity index (χ3n) is 2.54. The number of hydrogen-bond acceptors (Lipinski definition) is 5. The minimum Gasteiger partial charge on any atom is -0.487 e. The molecule has 0 aliphatic carbocycles. The summed E-state index contributed by atoms with van der Waals surface area (Å²) < 4.78 is 5.57. The first-order chi connectivity index (χ1) is 7.19. The first-order valence-electron chi connectivity index (χ1n) is 4.98. The van der Waals surface area contributed by atoms with Crippen LogP contribution < -0.4 is 10.5 Å². The van der Waals surface area contributed by atoms with Crippen LogP contribution in [0.5, 0.6) is 5.75 Å². The predicted molar refractivity (Wildman–Crippen MR) is 57.6 cm³/mol. The van der Waals surface area contributed by atoms with Gasteiger partial charge in [-0.1, -0.05) is 0 Å². The summed E-state index contributed by atoms with van der Waals surface area (Å²) in [6.45, 7) is 3.75. The highest BCUT2D eigenvalue weighted by atomic mass is 16.7. The van der Waals surface area contributed by atoms with Gasteiger partial charge in [-0.25, -0.2) is 0 Å². The monoisotopic (exact) mass is 225 g/mol. The van der Waals surface area contributed by atoms with Gasteiger partial charge >= 0.3 is 5.97 Å². The van der Waals surface area contributed by atoms with Crippen LogP contribution >= 0.6 is 0 Å². The lowest BCUT2D eigenvalue weighted by molar-refractivity contribution is -0.324. The van der Waals surface area contributed by atoms with Gasteiger partial charge in [0.2, 0.25) is 0 Å². The number of benzene rings is 1. The molecule has 1 aliphatic rings. The molecule has 5 heteroatoms. The van der Waals surface area contributed by atoms with Crippen molar-refractivity contribution in [2.75, 3.05) is 5.73 Å². The van der Waals surface area contributed by atoms with Gasteiger partial charge in [-0.2, -0.15) is 0 Å². The summed E-state index contributed by atoms with van der Waals surface area (Å²) in [7, 11) is 0. The number of aliphatic hydroxyl groups is 3. The summed E-state index contributed by atoms with van der Waals surface area (Å²) in [5.74, 6) is -2.63. The molecule has 0 saturated heterocycles. The molecule has 0 unspecified atom stereocenters. The summed E-state index contributed by atoms with van der Waals surface area (Å²) in [4.78, 5) is 0. The first-order valence-corrected chi connectivity index (χ1v) is 4.98. The van der Waals surface area contributed by atoms with Crippen LogP contribution in [0, 0.1) is 0 Å². The maximum atomic E-state index is 9.22. The molecule has 0 radical (unpaired) electrons. The van der Waals surface area contributed by atoms with Gasteiger partial charge in [0.25, 0.3) is 0 Å². The van der Waals surface area contributed by atoms with Crippen molar-refractivity contribution in [3.8, 4) is 5.75 Å². The lowest BCUT2D eigenvalue weighted by Gasteiger charge is -2.21. The van der Waals surface area contributed by atoms with E-state index in [1.54, 1.807) is 6.07 Å². The molecule has 5 nitrogen and oxygen atoms in total. The molecular formula is C11H15NO4. The van der Waals surface area contributed by atoms with Crippen molar-refractivity contribution in [2.45, 2.75) is 31.8 Å². The zero-order valence-electron chi connectivity index (χ0n) is 9.19. The summed E-state index contributed by atoms with van der Waals surface area (Å²) in [6.07, 6.45) is 0.608. The van der Waals surface area contributed by atoms with Crippen molar-refractivity contribution in [3.63, 3.8) is 0 Å². The number of anilines is 1. The molecule has 0 saturated carbocycles. The smallest absolute Gasteiger partial charge is 0.308 e. The van der Waals surface area contributed by atoms with E-state index in [9.17, 15) is 15.3 Å². The second-order valence-electron chi connectivity index (χ2n) is 4.73. The van der Waals surface area contributed by atoms with Gasteiger partial charge in [-0.15, -0.1) is 0 Å². The van der Waals surface area contributed by atoms with E-state index >= 15 is 0 Å². The van der Waals surface area contributed by atoms with Crippen LogP contribution in [0.15, 0.2) is 12.1 Å². The van der Waals surface area contributed by atoms with Crippen molar-refractivity contribution in [1.29, 1.82) is 0 Å². The summed E-state index contributed by atoms with van der Waals surface area (Å²) in [5.41, 5.74) is 6.20. The Balaban J connectivity index is 2.58. The Bertz CT molecular complexity index is 434. The summed E-state index contributed by atoms with van der Waals surface area (Å²) >= 11 is 0. The van der Waals surface area contributed by atoms with Gasteiger partial charge in [-0.05, 0) is 26.0 Å². The van der Waals surface area contributed by atoms with Crippen molar-refractivity contribution in [3.05, 3.63) is 23.3 Å². The average Bonchev–Trinajstić information content (AvgIpc) is 2.35. The van der Waals surface area contributed by atoms with E-state index in [2.05, 4.69) is 0 Å². The van der Waals surface area contributed by atoms with Gasteiger partial charge in [0.05, 0.1) is 5.56 Å². The van der Waals surface area contributed by atoms with E-state index in [-0.39, 0.29) is 5.56 Å². The number of nitrogen functional groups attached to an aromatic ring is 1. The van der Waals surface area contributed by atoms with Gasteiger partial charge < -0.3 is 25.8 Å². The van der Waals surface area contributed by atoms with Crippen LogP contribution in [0.25, 0.3) is 0 Å². The van der Waals surface area contributed by atoms with Crippen molar-refractivity contribution in [2.24, 2.45) is 0 Å². The second kappa shape index (κ2) is 3.10. The van der Waals surface area contributed by atoms with Crippen LogP contribution in [0.1, 0.15) is 25.0 Å². The SMILES string of the molecule is CC1(C)Cc2cc(N)cc(C(O)(O)O)c2O1. The van der Waals surface area contributed by atoms with Gasteiger partial charge in [-0.3, -0.25) is 0 Å². The third kappa shape index (κ3) is 1.84. The Morgan fingerprint density at radius 3 is 2.50 bits per heavy atom. The first kappa shape index (κ1) is 11.2. The molecule has 0 fully saturated rings. The fourth-order valence-electron chi connectivity index (χ4n) is 1.99. The van der Waals surface area contributed by atoms with E-state index < -0.39 is 11.6 Å². The van der Waals surface area contributed by atoms with Crippen LogP contribution in [0.4, 0.5) is 5.69 Å². The quantitative estimate of drug-likeness (QED) is 0.400. The number of ether oxygens (including phenoxy) is 1. The van der Waals surface area contributed by atoms with E-state index in [1.807, 2.05) is 13.8 Å². The topological polar surface area (TPSA) is 95.9 Å². The molecule has 0 atom stereocenters. The largest absolute Gasteiger partial charge is 0.487 e. The Morgan fingerprint density at radius 2 is 1.94 bits per heavy atom. The maximum absolute atomic E-state index is 9.22. The highest BCUT2D eigenvalue weighted by Gasteiger charge is 2.37. The minimum absolute atomic E-state index is 0.118.